The van der Waals surface area contributed by atoms with Crippen molar-refractivity contribution in [2.45, 2.75) is 114 Å². The zero-order chi connectivity index (χ0) is 32.4. The van der Waals surface area contributed by atoms with Gasteiger partial charge in [0.15, 0.2) is 0 Å². The van der Waals surface area contributed by atoms with Crippen molar-refractivity contribution in [2.75, 3.05) is 19.8 Å². The smallest absolute Gasteiger partial charge is 0.370 e. The summed E-state index contributed by atoms with van der Waals surface area (Å²) < 4.78 is 96.0. The summed E-state index contributed by atoms with van der Waals surface area (Å²) in [6.07, 6.45) is -6.94. The summed E-state index contributed by atoms with van der Waals surface area (Å²) in [6, 6.07) is 0. The Kier molecular flexibility index (Phi) is 13.2. The average Bonchev–Trinajstić information content (AvgIpc) is 3.49. The minimum atomic E-state index is -4.82. The third kappa shape index (κ3) is 12.2. The molecule has 0 aliphatic carbocycles. The summed E-state index contributed by atoms with van der Waals surface area (Å²) >= 11 is 0. The maximum absolute atomic E-state index is 12.8. The maximum Gasteiger partial charge on any atom is 0.472 e. The highest BCUT2D eigenvalue weighted by Gasteiger charge is 2.45. The molecule has 0 aromatic heterocycles. The van der Waals surface area contributed by atoms with Gasteiger partial charge in [0.25, 0.3) is 0 Å². The molecule has 0 spiro atoms. The SMILES string of the molecule is CC(C)P(=O)(O)O[C@H]1C[C@H](C)O[C@@H]1COP(=O)(O)O[C@H]1C[C@H](C)O[C@@H]1COP(=O)(O)O[C@H]1C[C@H](C)O[C@@H]1COP(=O)(O)O. The third-order valence-corrected chi connectivity index (χ3v) is 11.2. The van der Waals surface area contributed by atoms with Crippen LogP contribution in [0.1, 0.15) is 53.9 Å². The second-order valence-corrected chi connectivity index (χ2v) is 17.5. The van der Waals surface area contributed by atoms with Crippen molar-refractivity contribution in [1.29, 1.82) is 0 Å². The van der Waals surface area contributed by atoms with Crippen LogP contribution in [0.25, 0.3) is 0 Å². The predicted octanol–water partition coefficient (Wildman–Crippen LogP) is 2.61. The fourth-order valence-corrected chi connectivity index (χ4v) is 7.87. The first-order chi connectivity index (χ1) is 19.6. The second kappa shape index (κ2) is 15.1. The number of hydrogen-bond acceptors (Lipinski definition) is 13. The normalized spacial score (nSPS) is 37.8. The van der Waals surface area contributed by atoms with Gasteiger partial charge in [0, 0.05) is 19.3 Å². The molecule has 3 fully saturated rings. The van der Waals surface area contributed by atoms with Gasteiger partial charge in [-0.3, -0.25) is 27.2 Å². The van der Waals surface area contributed by atoms with Gasteiger partial charge in [-0.1, -0.05) is 13.8 Å². The van der Waals surface area contributed by atoms with Gasteiger partial charge >= 0.3 is 31.1 Å². The molecule has 0 aromatic rings. The fraction of sp³-hybridized carbons (Fsp3) is 1.00. The molecule has 3 rings (SSSR count). The first-order valence-electron chi connectivity index (χ1n) is 13.6. The highest BCUT2D eigenvalue weighted by molar-refractivity contribution is 7.53. The van der Waals surface area contributed by atoms with Crippen LogP contribution >= 0.6 is 31.1 Å². The number of phosphoric ester groups is 3. The summed E-state index contributed by atoms with van der Waals surface area (Å²) in [4.78, 5) is 48.6. The maximum atomic E-state index is 12.8. The molecule has 0 amide bonds. The Hall–Kier alpha value is 0.360. The van der Waals surface area contributed by atoms with Crippen molar-refractivity contribution >= 4 is 31.1 Å². The van der Waals surface area contributed by atoms with Crippen LogP contribution in [0.5, 0.6) is 0 Å². The Balaban J connectivity index is 1.54. The summed E-state index contributed by atoms with van der Waals surface area (Å²) in [5, 5.41) is 0. The zero-order valence-electron chi connectivity index (χ0n) is 24.3. The minimum Gasteiger partial charge on any atom is -0.370 e. The highest BCUT2D eigenvalue weighted by atomic mass is 31.2. The van der Waals surface area contributed by atoms with Gasteiger partial charge in [-0.25, -0.2) is 13.7 Å². The zero-order valence-corrected chi connectivity index (χ0v) is 27.9. The summed E-state index contributed by atoms with van der Waals surface area (Å²) in [7, 11) is -18.3. The van der Waals surface area contributed by atoms with Gasteiger partial charge in [0.2, 0.25) is 0 Å². The molecule has 0 bridgehead atoms. The van der Waals surface area contributed by atoms with Crippen LogP contribution in [0, 0.1) is 0 Å². The lowest BCUT2D eigenvalue weighted by Gasteiger charge is -2.26. The number of ether oxygens (including phenoxy) is 3. The van der Waals surface area contributed by atoms with E-state index in [2.05, 4.69) is 4.52 Å². The molecule has 3 aliphatic rings. The van der Waals surface area contributed by atoms with Crippen LogP contribution in [0.3, 0.4) is 0 Å². The minimum absolute atomic E-state index is 0.110. The first-order valence-corrected chi connectivity index (χ1v) is 19.8. The van der Waals surface area contributed by atoms with Gasteiger partial charge in [-0.2, -0.15) is 0 Å². The molecule has 18 nitrogen and oxygen atoms in total. The van der Waals surface area contributed by atoms with Crippen LogP contribution in [-0.2, 0) is 59.6 Å². The van der Waals surface area contributed by atoms with E-state index in [1.54, 1.807) is 20.8 Å². The van der Waals surface area contributed by atoms with Gasteiger partial charge in [0.1, 0.15) is 30.5 Å². The Bertz CT molecular complexity index is 1120. The molecule has 3 unspecified atom stereocenters. The molecule has 3 aliphatic heterocycles. The number of rotatable bonds is 16. The van der Waals surface area contributed by atoms with E-state index >= 15 is 0 Å². The van der Waals surface area contributed by atoms with E-state index in [-0.39, 0.29) is 25.4 Å². The van der Waals surface area contributed by atoms with E-state index in [9.17, 15) is 32.9 Å². The predicted molar refractivity (Wildman–Crippen MR) is 146 cm³/mol. The summed E-state index contributed by atoms with van der Waals surface area (Å²) in [6.45, 7) is 6.37. The van der Waals surface area contributed by atoms with E-state index < -0.39 is 105 Å². The van der Waals surface area contributed by atoms with Gasteiger partial charge in [-0.05, 0) is 20.8 Å². The van der Waals surface area contributed by atoms with E-state index in [0.29, 0.717) is 0 Å². The summed E-state index contributed by atoms with van der Waals surface area (Å²) in [5.41, 5.74) is -0.668. The monoisotopic (exact) mass is 706 g/mol. The van der Waals surface area contributed by atoms with Gasteiger partial charge < -0.3 is 43.2 Å². The Morgan fingerprint density at radius 1 is 0.605 bits per heavy atom. The number of phosphoric acid groups is 3. The van der Waals surface area contributed by atoms with Crippen LogP contribution in [0.4, 0.5) is 0 Å². The van der Waals surface area contributed by atoms with E-state index in [4.69, 9.17) is 46.6 Å². The quantitative estimate of drug-likeness (QED) is 0.145. The van der Waals surface area contributed by atoms with Crippen molar-refractivity contribution < 1.29 is 84.1 Å². The van der Waals surface area contributed by atoms with Crippen molar-refractivity contribution in [3.05, 3.63) is 0 Å². The van der Waals surface area contributed by atoms with Crippen molar-refractivity contribution in [2.24, 2.45) is 0 Å². The Labute approximate surface area is 249 Å². The third-order valence-electron chi connectivity index (χ3n) is 6.85. The van der Waals surface area contributed by atoms with Crippen molar-refractivity contribution in [1.82, 2.24) is 0 Å². The topological polar surface area (TPSA) is 252 Å². The van der Waals surface area contributed by atoms with E-state index in [0.717, 1.165) is 0 Å². The van der Waals surface area contributed by atoms with Gasteiger partial charge in [0.05, 0.1) is 49.9 Å². The molecular weight excluding hydrogens is 664 g/mol. The lowest BCUT2D eigenvalue weighted by molar-refractivity contribution is -0.0399. The van der Waals surface area contributed by atoms with Crippen molar-refractivity contribution in [3.8, 4) is 0 Å². The van der Waals surface area contributed by atoms with Crippen LogP contribution in [0.2, 0.25) is 0 Å². The molecule has 0 radical (unpaired) electrons. The van der Waals surface area contributed by atoms with E-state index in [1.807, 2.05) is 0 Å². The molecule has 0 saturated carbocycles. The molecule has 3 saturated heterocycles. The molecule has 12 atom stereocenters. The second-order valence-electron chi connectivity index (χ2n) is 11.1. The fourth-order valence-electron chi connectivity index (χ4n) is 4.76. The molecule has 3 heterocycles. The average molecular weight is 706 g/mol. The van der Waals surface area contributed by atoms with Crippen LogP contribution in [-0.4, -0.2) is 105 Å². The molecular formula is C21H42O18P4. The lowest BCUT2D eigenvalue weighted by Crippen LogP contribution is -2.31. The highest BCUT2D eigenvalue weighted by Crippen LogP contribution is 2.53. The Morgan fingerprint density at radius 3 is 1.26 bits per heavy atom. The largest absolute Gasteiger partial charge is 0.472 e. The van der Waals surface area contributed by atoms with Crippen LogP contribution in [0.15, 0.2) is 0 Å². The molecule has 0 aromatic carbocycles. The lowest BCUT2D eigenvalue weighted by atomic mass is 10.1. The van der Waals surface area contributed by atoms with Crippen LogP contribution < -0.4 is 0 Å². The standard InChI is InChI=1S/C21H42O18P4/c1-12(2)40(22,23)37-16-6-13(3)35-20(16)10-32-42(27,28)39-18-8-15(5)36-21(18)11-33-43(29,30)38-17-7-14(4)34-19(17)9-31-41(24,25)26/h12-21H,6-11H2,1-5H3,(H,22,23)(H,27,28)(H,29,30)(H2,24,25,26)/t13-,14-,15-,16-,17-,18-,19+,20+,21+/m0/s1. The van der Waals surface area contributed by atoms with E-state index in [1.165, 1.54) is 13.8 Å². The Morgan fingerprint density at radius 2 is 0.930 bits per heavy atom. The summed E-state index contributed by atoms with van der Waals surface area (Å²) in [5.74, 6) is 0. The van der Waals surface area contributed by atoms with Crippen molar-refractivity contribution in [3.63, 3.8) is 0 Å². The molecule has 254 valence electrons. The number of hydrogen-bond donors (Lipinski definition) is 5. The molecule has 5 N–H and O–H groups in total. The van der Waals surface area contributed by atoms with Gasteiger partial charge in [-0.15, -0.1) is 0 Å². The molecule has 43 heavy (non-hydrogen) atoms. The first kappa shape index (κ1) is 37.8. The molecule has 22 heteroatoms.